The third-order valence-electron chi connectivity index (χ3n) is 2.87. The summed E-state index contributed by atoms with van der Waals surface area (Å²) in [5, 5.41) is 0. The van der Waals surface area contributed by atoms with E-state index in [-0.39, 0.29) is 18.1 Å². The minimum Gasteiger partial charge on any atom is -0.489 e. The van der Waals surface area contributed by atoms with Crippen LogP contribution >= 0.6 is 0 Å². The molecule has 6 heteroatoms. The largest absolute Gasteiger partial charge is 0.586 e. The lowest BCUT2D eigenvalue weighted by Gasteiger charge is -2.07. The van der Waals surface area contributed by atoms with Crippen molar-refractivity contribution in [1.29, 1.82) is 0 Å². The molecular weight excluding hydrogens is 282 g/mol. The van der Waals surface area contributed by atoms with Crippen LogP contribution in [-0.4, -0.2) is 12.6 Å². The summed E-state index contributed by atoms with van der Waals surface area (Å²) in [6, 6.07) is 11.1. The monoisotopic (exact) mass is 292 g/mol. The number of halogens is 2. The predicted molar refractivity (Wildman–Crippen MR) is 68.8 cm³/mol. The Labute approximate surface area is 118 Å². The maximum Gasteiger partial charge on any atom is 0.586 e. The average Bonchev–Trinajstić information content (AvgIpc) is 2.78. The van der Waals surface area contributed by atoms with E-state index in [1.165, 1.54) is 12.1 Å². The summed E-state index contributed by atoms with van der Waals surface area (Å²) in [4.78, 5) is 10.7. The molecule has 0 atom stereocenters. The molecule has 0 spiro atoms. The van der Waals surface area contributed by atoms with Crippen LogP contribution in [0.4, 0.5) is 8.78 Å². The van der Waals surface area contributed by atoms with Gasteiger partial charge in [0.1, 0.15) is 18.6 Å². The van der Waals surface area contributed by atoms with Gasteiger partial charge in [-0.1, -0.05) is 18.2 Å². The van der Waals surface area contributed by atoms with Gasteiger partial charge in [-0.05, 0) is 29.8 Å². The van der Waals surface area contributed by atoms with Gasteiger partial charge < -0.3 is 14.2 Å². The lowest BCUT2D eigenvalue weighted by Crippen LogP contribution is -2.25. The van der Waals surface area contributed by atoms with Crippen LogP contribution in [0.5, 0.6) is 17.2 Å². The highest BCUT2D eigenvalue weighted by molar-refractivity contribution is 5.75. The average molecular weight is 292 g/mol. The van der Waals surface area contributed by atoms with E-state index in [1.807, 2.05) is 0 Å². The third kappa shape index (κ3) is 2.94. The van der Waals surface area contributed by atoms with E-state index < -0.39 is 6.29 Å². The van der Waals surface area contributed by atoms with Gasteiger partial charge in [-0.2, -0.15) is 0 Å². The maximum absolute atomic E-state index is 12.9. The summed E-state index contributed by atoms with van der Waals surface area (Å²) in [7, 11) is 0. The van der Waals surface area contributed by atoms with Crippen molar-refractivity contribution in [1.82, 2.24) is 0 Å². The van der Waals surface area contributed by atoms with Crippen molar-refractivity contribution < 1.29 is 27.8 Å². The van der Waals surface area contributed by atoms with Gasteiger partial charge in [0.2, 0.25) is 0 Å². The molecule has 0 fully saturated rings. The van der Waals surface area contributed by atoms with Crippen LogP contribution in [0.15, 0.2) is 42.5 Å². The molecule has 0 amide bonds. The summed E-state index contributed by atoms with van der Waals surface area (Å²) in [5.41, 5.74) is 1.14. The number of benzene rings is 2. The lowest BCUT2D eigenvalue weighted by molar-refractivity contribution is -0.286. The second-order valence-corrected chi connectivity index (χ2v) is 4.43. The number of hydrogen-bond acceptors (Lipinski definition) is 4. The Morgan fingerprint density at radius 3 is 2.71 bits per heavy atom. The van der Waals surface area contributed by atoms with Gasteiger partial charge in [0, 0.05) is 5.56 Å². The molecule has 0 saturated carbocycles. The number of carbonyl (C=O) groups is 1. The molecular formula is C15H10F2O4. The zero-order valence-corrected chi connectivity index (χ0v) is 10.7. The number of rotatable bonds is 4. The van der Waals surface area contributed by atoms with Gasteiger partial charge in [-0.15, -0.1) is 8.78 Å². The van der Waals surface area contributed by atoms with Gasteiger partial charge in [0.15, 0.2) is 11.5 Å². The quantitative estimate of drug-likeness (QED) is 0.810. The molecule has 1 aliphatic rings. The van der Waals surface area contributed by atoms with Crippen molar-refractivity contribution >= 4 is 6.29 Å². The van der Waals surface area contributed by atoms with Gasteiger partial charge in [-0.3, -0.25) is 4.79 Å². The summed E-state index contributed by atoms with van der Waals surface area (Å²) >= 11 is 0. The number of ether oxygens (including phenoxy) is 3. The SMILES string of the molecule is O=Cc1cccc(OCc2ccc3c(c2)OC(F)(F)O3)c1. The number of aldehydes is 1. The zero-order valence-electron chi connectivity index (χ0n) is 10.7. The molecule has 1 heterocycles. The van der Waals surface area contributed by atoms with Crippen LogP contribution in [0.3, 0.4) is 0 Å². The topological polar surface area (TPSA) is 44.8 Å². The van der Waals surface area contributed by atoms with Gasteiger partial charge in [-0.25, -0.2) is 0 Å². The van der Waals surface area contributed by atoms with Gasteiger partial charge in [0.25, 0.3) is 0 Å². The first-order valence-corrected chi connectivity index (χ1v) is 6.12. The van der Waals surface area contributed by atoms with Crippen molar-refractivity contribution in [3.8, 4) is 17.2 Å². The summed E-state index contributed by atoms with van der Waals surface area (Å²) in [5.74, 6) is 0.483. The Kier molecular flexibility index (Phi) is 3.21. The molecule has 1 aliphatic heterocycles. The molecule has 0 radical (unpaired) electrons. The van der Waals surface area contributed by atoms with E-state index in [2.05, 4.69) is 9.47 Å². The number of hydrogen-bond donors (Lipinski definition) is 0. The highest BCUT2D eigenvalue weighted by Crippen LogP contribution is 2.41. The van der Waals surface area contributed by atoms with Crippen molar-refractivity contribution in [3.05, 3.63) is 53.6 Å². The molecule has 0 unspecified atom stereocenters. The molecule has 21 heavy (non-hydrogen) atoms. The van der Waals surface area contributed by atoms with Crippen LogP contribution < -0.4 is 14.2 Å². The summed E-state index contributed by atoms with van der Waals surface area (Å²) < 4.78 is 40.0. The Hall–Kier alpha value is -2.63. The van der Waals surface area contributed by atoms with Crippen molar-refractivity contribution in [2.75, 3.05) is 0 Å². The van der Waals surface area contributed by atoms with Crippen molar-refractivity contribution in [3.63, 3.8) is 0 Å². The predicted octanol–water partition coefficient (Wildman–Crippen LogP) is 3.40. The molecule has 0 aliphatic carbocycles. The van der Waals surface area contributed by atoms with E-state index in [9.17, 15) is 13.6 Å². The normalized spacial score (nSPS) is 14.8. The zero-order chi connectivity index (χ0) is 14.9. The maximum atomic E-state index is 12.9. The molecule has 0 bridgehead atoms. The van der Waals surface area contributed by atoms with Crippen molar-refractivity contribution in [2.24, 2.45) is 0 Å². The second kappa shape index (κ2) is 5.05. The first-order chi connectivity index (χ1) is 10.1. The highest BCUT2D eigenvalue weighted by atomic mass is 19.3. The molecule has 0 saturated heterocycles. The highest BCUT2D eigenvalue weighted by Gasteiger charge is 2.43. The second-order valence-electron chi connectivity index (χ2n) is 4.43. The lowest BCUT2D eigenvalue weighted by atomic mass is 10.2. The van der Waals surface area contributed by atoms with Crippen LogP contribution in [0, 0.1) is 0 Å². The Morgan fingerprint density at radius 1 is 1.10 bits per heavy atom. The van der Waals surface area contributed by atoms with E-state index in [0.717, 1.165) is 6.29 Å². The van der Waals surface area contributed by atoms with Crippen LogP contribution in [0.2, 0.25) is 0 Å². The minimum atomic E-state index is -3.62. The minimum absolute atomic E-state index is 0.00768. The van der Waals surface area contributed by atoms with E-state index in [0.29, 0.717) is 16.9 Å². The molecule has 4 nitrogen and oxygen atoms in total. The molecule has 108 valence electrons. The fourth-order valence-electron chi connectivity index (χ4n) is 1.93. The molecule has 2 aromatic rings. The molecule has 0 aromatic heterocycles. The Bertz CT molecular complexity index is 685. The first kappa shape index (κ1) is 13.4. The molecule has 2 aromatic carbocycles. The van der Waals surface area contributed by atoms with Crippen LogP contribution in [0.25, 0.3) is 0 Å². The first-order valence-electron chi connectivity index (χ1n) is 6.12. The fraction of sp³-hybridized carbons (Fsp3) is 0.133. The standard InChI is InChI=1S/C15H10F2O4/c16-15(17)20-13-5-4-11(7-14(13)21-15)9-19-12-3-1-2-10(6-12)8-18/h1-8H,9H2. The number of carbonyl (C=O) groups excluding carboxylic acids is 1. The Morgan fingerprint density at radius 2 is 1.90 bits per heavy atom. The summed E-state index contributed by atoms with van der Waals surface area (Å²) in [6.45, 7) is 0.157. The van der Waals surface area contributed by atoms with Crippen molar-refractivity contribution in [2.45, 2.75) is 12.9 Å². The summed E-state index contributed by atoms with van der Waals surface area (Å²) in [6.07, 6.45) is -2.91. The fourth-order valence-corrected chi connectivity index (χ4v) is 1.93. The Balaban J connectivity index is 1.70. The molecule has 0 N–H and O–H groups in total. The van der Waals surface area contributed by atoms with Crippen LogP contribution in [0.1, 0.15) is 15.9 Å². The number of fused-ring (bicyclic) bond motifs is 1. The van der Waals surface area contributed by atoms with Crippen LogP contribution in [-0.2, 0) is 6.61 Å². The third-order valence-corrected chi connectivity index (χ3v) is 2.87. The van der Waals surface area contributed by atoms with E-state index in [4.69, 9.17) is 4.74 Å². The molecule has 3 rings (SSSR count). The van der Waals surface area contributed by atoms with E-state index in [1.54, 1.807) is 30.3 Å². The number of alkyl halides is 2. The van der Waals surface area contributed by atoms with Gasteiger partial charge in [0.05, 0.1) is 0 Å². The van der Waals surface area contributed by atoms with Gasteiger partial charge >= 0.3 is 6.29 Å². The smallest absolute Gasteiger partial charge is 0.489 e. The van der Waals surface area contributed by atoms with E-state index >= 15 is 0 Å².